The van der Waals surface area contributed by atoms with Crippen molar-refractivity contribution in [1.29, 1.82) is 0 Å². The highest BCUT2D eigenvalue weighted by molar-refractivity contribution is 5.92. The fraction of sp³-hybridized carbons (Fsp3) is 0.471. The number of benzene rings is 1. The third-order valence-corrected chi connectivity index (χ3v) is 3.56. The summed E-state index contributed by atoms with van der Waals surface area (Å²) in [6.07, 6.45) is 2.01. The van der Waals surface area contributed by atoms with Crippen LogP contribution in [0.25, 0.3) is 0 Å². The van der Waals surface area contributed by atoms with Crippen LogP contribution in [0.2, 0.25) is 0 Å². The molecule has 2 N–H and O–H groups in total. The van der Waals surface area contributed by atoms with Crippen LogP contribution in [-0.4, -0.2) is 30.8 Å². The number of hydrogen-bond acceptors (Lipinski definition) is 3. The summed E-state index contributed by atoms with van der Waals surface area (Å²) in [4.78, 5) is 12.2. The molecule has 0 spiro atoms. The lowest BCUT2D eigenvalue weighted by molar-refractivity contribution is -0.122. The van der Waals surface area contributed by atoms with Gasteiger partial charge in [-0.05, 0) is 37.5 Å². The van der Waals surface area contributed by atoms with Gasteiger partial charge in [0.15, 0.2) is 0 Å². The molecule has 0 radical (unpaired) electrons. The van der Waals surface area contributed by atoms with Gasteiger partial charge < -0.3 is 15.2 Å². The van der Waals surface area contributed by atoms with Gasteiger partial charge in [0.2, 0.25) is 5.91 Å². The van der Waals surface area contributed by atoms with E-state index in [-0.39, 0.29) is 18.4 Å². The van der Waals surface area contributed by atoms with Gasteiger partial charge in [-0.25, -0.2) is 0 Å². The first-order valence-electron chi connectivity index (χ1n) is 7.29. The summed E-state index contributed by atoms with van der Waals surface area (Å²) in [5, 5.41) is 11.7. The Balaban J connectivity index is 2.04. The van der Waals surface area contributed by atoms with Crippen LogP contribution in [-0.2, 0) is 9.53 Å². The molecule has 1 saturated heterocycles. The number of rotatable bonds is 3. The first kappa shape index (κ1) is 15.6. The zero-order valence-corrected chi connectivity index (χ0v) is 12.3. The molecule has 1 fully saturated rings. The minimum absolute atomic E-state index is 0.0315. The fourth-order valence-corrected chi connectivity index (χ4v) is 2.25. The summed E-state index contributed by atoms with van der Waals surface area (Å²) in [7, 11) is 0. The Hall–Kier alpha value is -1.83. The molecule has 21 heavy (non-hydrogen) atoms. The van der Waals surface area contributed by atoms with Crippen molar-refractivity contribution in [3.05, 3.63) is 29.3 Å². The van der Waals surface area contributed by atoms with Crippen molar-refractivity contribution in [3.63, 3.8) is 0 Å². The maximum absolute atomic E-state index is 12.2. The molecule has 4 heteroatoms. The van der Waals surface area contributed by atoms with E-state index in [0.29, 0.717) is 19.6 Å². The van der Waals surface area contributed by atoms with E-state index in [0.717, 1.165) is 29.7 Å². The highest BCUT2D eigenvalue weighted by Gasteiger charge is 2.21. The number of aliphatic hydroxyl groups is 1. The standard InChI is InChI=1S/C17H21NO3/c1-13-5-6-16(12-15(13)4-2-3-9-19)18-17(20)14-7-10-21-11-8-14/h5-6,12,14,19H,3,7-11H2,1H3,(H,18,20). The van der Waals surface area contributed by atoms with Gasteiger partial charge in [-0.3, -0.25) is 4.79 Å². The van der Waals surface area contributed by atoms with Crippen LogP contribution in [0.5, 0.6) is 0 Å². The molecule has 0 aliphatic carbocycles. The summed E-state index contributed by atoms with van der Waals surface area (Å²) in [6, 6.07) is 5.73. The summed E-state index contributed by atoms with van der Waals surface area (Å²) < 4.78 is 5.27. The number of carbonyl (C=O) groups excluding carboxylic acids is 1. The van der Waals surface area contributed by atoms with Gasteiger partial charge >= 0.3 is 0 Å². The molecule has 4 nitrogen and oxygen atoms in total. The smallest absolute Gasteiger partial charge is 0.227 e. The zero-order valence-electron chi connectivity index (χ0n) is 12.3. The van der Waals surface area contributed by atoms with E-state index in [1.54, 1.807) is 0 Å². The number of nitrogens with one attached hydrogen (secondary N) is 1. The van der Waals surface area contributed by atoms with Gasteiger partial charge in [-0.2, -0.15) is 0 Å². The highest BCUT2D eigenvalue weighted by atomic mass is 16.5. The van der Waals surface area contributed by atoms with Gasteiger partial charge in [0.25, 0.3) is 0 Å². The Bertz CT molecular complexity index is 551. The van der Waals surface area contributed by atoms with Gasteiger partial charge in [-0.15, -0.1) is 0 Å². The maximum Gasteiger partial charge on any atom is 0.227 e. The average Bonchev–Trinajstić information content (AvgIpc) is 2.51. The molecule has 1 amide bonds. The lowest BCUT2D eigenvalue weighted by Crippen LogP contribution is -2.28. The second-order valence-electron chi connectivity index (χ2n) is 5.18. The van der Waals surface area contributed by atoms with Crippen molar-refractivity contribution in [2.45, 2.75) is 26.2 Å². The maximum atomic E-state index is 12.2. The third kappa shape index (κ3) is 4.59. The van der Waals surface area contributed by atoms with E-state index in [2.05, 4.69) is 17.2 Å². The second kappa shape index (κ2) is 7.82. The molecule has 1 aliphatic rings. The van der Waals surface area contributed by atoms with Crippen molar-refractivity contribution in [2.75, 3.05) is 25.1 Å². The second-order valence-corrected chi connectivity index (χ2v) is 5.18. The van der Waals surface area contributed by atoms with E-state index in [4.69, 9.17) is 9.84 Å². The third-order valence-electron chi connectivity index (χ3n) is 3.56. The van der Waals surface area contributed by atoms with Crippen LogP contribution in [0.1, 0.15) is 30.4 Å². The van der Waals surface area contributed by atoms with Crippen LogP contribution < -0.4 is 5.32 Å². The van der Waals surface area contributed by atoms with Gasteiger partial charge in [0, 0.05) is 36.8 Å². The number of carbonyl (C=O) groups is 1. The molecule has 1 aromatic carbocycles. The molecule has 0 saturated carbocycles. The molecule has 0 atom stereocenters. The SMILES string of the molecule is Cc1ccc(NC(=O)C2CCOCC2)cc1C#CCCO. The van der Waals surface area contributed by atoms with Crippen molar-refractivity contribution >= 4 is 11.6 Å². The fourth-order valence-electron chi connectivity index (χ4n) is 2.25. The number of aliphatic hydroxyl groups excluding tert-OH is 1. The lowest BCUT2D eigenvalue weighted by atomic mass is 9.99. The van der Waals surface area contributed by atoms with Crippen LogP contribution in [0.3, 0.4) is 0 Å². The van der Waals surface area contributed by atoms with E-state index in [9.17, 15) is 4.79 Å². The summed E-state index contributed by atoms with van der Waals surface area (Å²) in [6.45, 7) is 3.35. The Labute approximate surface area is 125 Å². The molecule has 2 rings (SSSR count). The molecular formula is C17H21NO3. The monoisotopic (exact) mass is 287 g/mol. The van der Waals surface area contributed by atoms with Crippen molar-refractivity contribution < 1.29 is 14.6 Å². The Morgan fingerprint density at radius 1 is 1.43 bits per heavy atom. The minimum atomic E-state index is 0.0315. The largest absolute Gasteiger partial charge is 0.395 e. The van der Waals surface area contributed by atoms with Crippen molar-refractivity contribution in [2.24, 2.45) is 5.92 Å². The molecular weight excluding hydrogens is 266 g/mol. The molecule has 0 aromatic heterocycles. The Kier molecular flexibility index (Phi) is 5.79. The molecule has 1 aliphatic heterocycles. The van der Waals surface area contributed by atoms with Crippen LogP contribution in [0.15, 0.2) is 18.2 Å². The summed E-state index contributed by atoms with van der Waals surface area (Å²) in [5.41, 5.74) is 2.71. The summed E-state index contributed by atoms with van der Waals surface area (Å²) >= 11 is 0. The number of amides is 1. The first-order chi connectivity index (χ1) is 10.2. The van der Waals surface area contributed by atoms with Crippen LogP contribution >= 0.6 is 0 Å². The quantitative estimate of drug-likeness (QED) is 0.837. The van der Waals surface area contributed by atoms with Crippen LogP contribution in [0, 0.1) is 24.7 Å². The molecule has 1 heterocycles. The van der Waals surface area contributed by atoms with Crippen LogP contribution in [0.4, 0.5) is 5.69 Å². The molecule has 1 aromatic rings. The molecule has 0 bridgehead atoms. The topological polar surface area (TPSA) is 58.6 Å². The Morgan fingerprint density at radius 2 is 2.19 bits per heavy atom. The predicted molar refractivity (Wildman–Crippen MR) is 81.9 cm³/mol. The van der Waals surface area contributed by atoms with Gasteiger partial charge in [0.1, 0.15) is 0 Å². The van der Waals surface area contributed by atoms with Crippen molar-refractivity contribution in [1.82, 2.24) is 0 Å². The number of anilines is 1. The van der Waals surface area contributed by atoms with Gasteiger partial charge in [0.05, 0.1) is 6.61 Å². The zero-order chi connectivity index (χ0) is 15.1. The number of hydrogen-bond donors (Lipinski definition) is 2. The predicted octanol–water partition coefficient (Wildman–Crippen LogP) is 2.09. The highest BCUT2D eigenvalue weighted by Crippen LogP contribution is 2.19. The molecule has 112 valence electrons. The van der Waals surface area contributed by atoms with Gasteiger partial charge in [-0.1, -0.05) is 17.9 Å². The van der Waals surface area contributed by atoms with E-state index < -0.39 is 0 Å². The minimum Gasteiger partial charge on any atom is -0.395 e. The number of ether oxygens (including phenoxy) is 1. The van der Waals surface area contributed by atoms with E-state index in [1.807, 2.05) is 25.1 Å². The van der Waals surface area contributed by atoms with Crippen molar-refractivity contribution in [3.8, 4) is 11.8 Å². The lowest BCUT2D eigenvalue weighted by Gasteiger charge is -2.21. The Morgan fingerprint density at radius 3 is 2.90 bits per heavy atom. The van der Waals surface area contributed by atoms with E-state index in [1.165, 1.54) is 0 Å². The average molecular weight is 287 g/mol. The first-order valence-corrected chi connectivity index (χ1v) is 7.29. The number of aryl methyl sites for hydroxylation is 1. The van der Waals surface area contributed by atoms with E-state index >= 15 is 0 Å². The molecule has 0 unspecified atom stereocenters. The summed E-state index contributed by atoms with van der Waals surface area (Å²) in [5.74, 6) is 6.02. The normalized spacial score (nSPS) is 15.1.